The minimum Gasteiger partial charge on any atom is -0.497 e. The molecule has 7 heteroatoms. The Morgan fingerprint density at radius 3 is 2.56 bits per heavy atom. The molecule has 3 amide bonds. The van der Waals surface area contributed by atoms with E-state index in [0.29, 0.717) is 42.9 Å². The number of fused-ring (bicyclic) bond motifs is 1. The molecule has 1 saturated heterocycles. The van der Waals surface area contributed by atoms with E-state index in [1.807, 2.05) is 12.1 Å². The number of anilines is 1. The minimum absolute atomic E-state index is 0.131. The van der Waals surface area contributed by atoms with E-state index in [1.54, 1.807) is 48.4 Å². The molecule has 0 saturated carbocycles. The van der Waals surface area contributed by atoms with Crippen LogP contribution in [0, 0.1) is 0 Å². The number of amides is 3. The largest absolute Gasteiger partial charge is 0.497 e. The van der Waals surface area contributed by atoms with Gasteiger partial charge in [0.25, 0.3) is 5.91 Å². The number of rotatable bonds is 2. The van der Waals surface area contributed by atoms with Gasteiger partial charge >= 0.3 is 6.03 Å². The fourth-order valence-electron chi connectivity index (χ4n) is 3.43. The summed E-state index contributed by atoms with van der Waals surface area (Å²) in [5.41, 5.74) is 0.502. The van der Waals surface area contributed by atoms with Crippen molar-refractivity contribution in [3.63, 3.8) is 0 Å². The highest BCUT2D eigenvalue weighted by Gasteiger charge is 2.43. The summed E-state index contributed by atoms with van der Waals surface area (Å²) < 4.78 is 11.2. The lowest BCUT2D eigenvalue weighted by molar-refractivity contribution is -0.0203. The third kappa shape index (κ3) is 3.40. The average Bonchev–Trinajstić information content (AvgIpc) is 2.69. The number of para-hydroxylation sites is 1. The number of nitrogens with zero attached hydrogens (tertiary/aromatic N) is 1. The van der Waals surface area contributed by atoms with Gasteiger partial charge in [0.2, 0.25) is 0 Å². The molecular weight excluding hydrogens is 346 g/mol. The monoisotopic (exact) mass is 367 g/mol. The zero-order chi connectivity index (χ0) is 18.9. The van der Waals surface area contributed by atoms with E-state index in [2.05, 4.69) is 10.6 Å². The topological polar surface area (TPSA) is 79.9 Å². The molecule has 0 aliphatic carbocycles. The summed E-state index contributed by atoms with van der Waals surface area (Å²) >= 11 is 0. The van der Waals surface area contributed by atoms with Crippen molar-refractivity contribution in [1.82, 2.24) is 10.2 Å². The molecule has 2 heterocycles. The van der Waals surface area contributed by atoms with Crippen molar-refractivity contribution in [2.45, 2.75) is 18.6 Å². The normalized spacial score (nSPS) is 17.5. The van der Waals surface area contributed by atoms with Gasteiger partial charge in [-0.3, -0.25) is 4.79 Å². The number of carbonyl (C=O) groups excluding carboxylic acids is 2. The molecule has 0 atom stereocenters. The average molecular weight is 367 g/mol. The SMILES string of the molecule is COc1ccc(NC(=O)N2CCC3(CC2)NC(=O)c2ccccc2O3)cc1. The number of urea groups is 1. The standard InChI is InChI=1S/C20H21N3O4/c1-26-15-8-6-14(7-9-15)21-19(25)23-12-10-20(11-13-23)22-18(24)16-4-2-3-5-17(16)27-20/h2-9H,10-13H2,1H3,(H,21,25)(H,22,24). The highest BCUT2D eigenvalue weighted by Crippen LogP contribution is 2.33. The summed E-state index contributed by atoms with van der Waals surface area (Å²) in [5, 5.41) is 5.86. The van der Waals surface area contributed by atoms with Crippen LogP contribution in [-0.4, -0.2) is 42.8 Å². The van der Waals surface area contributed by atoms with Crippen molar-refractivity contribution in [2.24, 2.45) is 0 Å². The summed E-state index contributed by atoms with van der Waals surface area (Å²) in [6.45, 7) is 0.981. The van der Waals surface area contributed by atoms with Gasteiger partial charge < -0.3 is 25.0 Å². The molecule has 2 aliphatic heterocycles. The Hall–Kier alpha value is -3.22. The molecular formula is C20H21N3O4. The molecule has 4 rings (SSSR count). The van der Waals surface area contributed by atoms with Gasteiger partial charge in [0.1, 0.15) is 11.5 Å². The van der Waals surface area contributed by atoms with Gasteiger partial charge in [0.05, 0.1) is 12.7 Å². The Morgan fingerprint density at radius 1 is 1.15 bits per heavy atom. The Kier molecular flexibility index (Phi) is 4.35. The fraction of sp³-hybridized carbons (Fsp3) is 0.300. The maximum absolute atomic E-state index is 12.5. The van der Waals surface area contributed by atoms with E-state index in [1.165, 1.54) is 0 Å². The van der Waals surface area contributed by atoms with E-state index in [-0.39, 0.29) is 11.9 Å². The van der Waals surface area contributed by atoms with Crippen LogP contribution in [0.5, 0.6) is 11.5 Å². The third-order valence-corrected chi connectivity index (χ3v) is 4.98. The van der Waals surface area contributed by atoms with Crippen LogP contribution in [0.3, 0.4) is 0 Å². The van der Waals surface area contributed by atoms with Crippen LogP contribution < -0.4 is 20.1 Å². The van der Waals surface area contributed by atoms with Gasteiger partial charge in [0, 0.05) is 31.6 Å². The number of methoxy groups -OCH3 is 1. The maximum atomic E-state index is 12.5. The molecule has 0 radical (unpaired) electrons. The van der Waals surface area contributed by atoms with Crippen LogP contribution in [0.15, 0.2) is 48.5 Å². The first-order valence-electron chi connectivity index (χ1n) is 8.89. The maximum Gasteiger partial charge on any atom is 0.321 e. The highest BCUT2D eigenvalue weighted by molar-refractivity contribution is 5.98. The van der Waals surface area contributed by atoms with Gasteiger partial charge in [-0.05, 0) is 36.4 Å². The van der Waals surface area contributed by atoms with E-state index in [9.17, 15) is 9.59 Å². The number of likely N-dealkylation sites (tertiary alicyclic amines) is 1. The number of ether oxygens (including phenoxy) is 2. The first kappa shape index (κ1) is 17.2. The lowest BCUT2D eigenvalue weighted by atomic mass is 9.97. The summed E-state index contributed by atoms with van der Waals surface area (Å²) in [5.74, 6) is 1.20. The first-order valence-corrected chi connectivity index (χ1v) is 8.89. The van der Waals surface area contributed by atoms with Crippen LogP contribution in [0.2, 0.25) is 0 Å². The van der Waals surface area contributed by atoms with Gasteiger partial charge in [-0.2, -0.15) is 0 Å². The Labute approximate surface area is 157 Å². The van der Waals surface area contributed by atoms with Gasteiger partial charge in [-0.1, -0.05) is 12.1 Å². The van der Waals surface area contributed by atoms with Crippen molar-refractivity contribution >= 4 is 17.6 Å². The number of hydrogen-bond donors (Lipinski definition) is 2. The third-order valence-electron chi connectivity index (χ3n) is 4.98. The summed E-state index contributed by atoms with van der Waals surface area (Å²) in [7, 11) is 1.60. The predicted octanol–water partition coefficient (Wildman–Crippen LogP) is 2.84. The van der Waals surface area contributed by atoms with E-state index >= 15 is 0 Å². The number of piperidine rings is 1. The molecule has 140 valence electrons. The van der Waals surface area contributed by atoms with Crippen molar-refractivity contribution in [3.05, 3.63) is 54.1 Å². The van der Waals surface area contributed by atoms with Crippen LogP contribution in [-0.2, 0) is 0 Å². The van der Waals surface area contributed by atoms with E-state index in [0.717, 1.165) is 5.75 Å². The molecule has 2 aromatic carbocycles. The zero-order valence-electron chi connectivity index (χ0n) is 15.0. The Balaban J connectivity index is 1.38. The van der Waals surface area contributed by atoms with Gasteiger partial charge in [-0.15, -0.1) is 0 Å². The lowest BCUT2D eigenvalue weighted by Crippen LogP contribution is -2.61. The molecule has 0 aromatic heterocycles. The Bertz CT molecular complexity index is 858. The summed E-state index contributed by atoms with van der Waals surface area (Å²) in [6, 6.07) is 14.2. The molecule has 7 nitrogen and oxygen atoms in total. The molecule has 1 fully saturated rings. The zero-order valence-corrected chi connectivity index (χ0v) is 15.0. The molecule has 2 aromatic rings. The molecule has 0 unspecified atom stereocenters. The molecule has 27 heavy (non-hydrogen) atoms. The fourth-order valence-corrected chi connectivity index (χ4v) is 3.43. The van der Waals surface area contributed by atoms with Crippen LogP contribution in [0.4, 0.5) is 10.5 Å². The second-order valence-corrected chi connectivity index (χ2v) is 6.69. The number of hydrogen-bond acceptors (Lipinski definition) is 4. The van der Waals surface area contributed by atoms with Crippen LogP contribution in [0.1, 0.15) is 23.2 Å². The van der Waals surface area contributed by atoms with Crippen LogP contribution in [0.25, 0.3) is 0 Å². The lowest BCUT2D eigenvalue weighted by Gasteiger charge is -2.44. The second kappa shape index (κ2) is 6.83. The number of nitrogens with one attached hydrogen (secondary N) is 2. The van der Waals surface area contributed by atoms with Crippen molar-refractivity contribution in [1.29, 1.82) is 0 Å². The summed E-state index contributed by atoms with van der Waals surface area (Å²) in [4.78, 5) is 26.6. The van der Waals surface area contributed by atoms with Crippen molar-refractivity contribution < 1.29 is 19.1 Å². The second-order valence-electron chi connectivity index (χ2n) is 6.69. The minimum atomic E-state index is -0.748. The predicted molar refractivity (Wildman–Crippen MR) is 100 cm³/mol. The van der Waals surface area contributed by atoms with Crippen molar-refractivity contribution in [3.8, 4) is 11.5 Å². The quantitative estimate of drug-likeness (QED) is 0.855. The van der Waals surface area contributed by atoms with E-state index in [4.69, 9.17) is 9.47 Å². The van der Waals surface area contributed by atoms with Crippen LogP contribution >= 0.6 is 0 Å². The molecule has 2 aliphatic rings. The number of benzene rings is 2. The van der Waals surface area contributed by atoms with Gasteiger partial charge in [-0.25, -0.2) is 4.79 Å². The first-order chi connectivity index (χ1) is 13.1. The van der Waals surface area contributed by atoms with Crippen molar-refractivity contribution in [2.75, 3.05) is 25.5 Å². The smallest absolute Gasteiger partial charge is 0.321 e. The number of carbonyl (C=O) groups is 2. The van der Waals surface area contributed by atoms with Gasteiger partial charge in [0.15, 0.2) is 5.72 Å². The molecule has 2 N–H and O–H groups in total. The molecule has 1 spiro atoms. The molecule has 0 bridgehead atoms. The Morgan fingerprint density at radius 2 is 1.85 bits per heavy atom. The summed E-state index contributed by atoms with van der Waals surface area (Å²) in [6.07, 6.45) is 1.06. The van der Waals surface area contributed by atoms with E-state index < -0.39 is 5.72 Å². The highest BCUT2D eigenvalue weighted by atomic mass is 16.5.